The lowest BCUT2D eigenvalue weighted by Crippen LogP contribution is -2.28. The normalized spacial score (nSPS) is 15.1. The number of rotatable bonds is 14. The molecule has 0 bridgehead atoms. The van der Waals surface area contributed by atoms with E-state index in [-0.39, 0.29) is 6.61 Å². The lowest BCUT2D eigenvalue weighted by atomic mass is 10.2. The minimum Gasteiger partial charge on any atom is -0.493 e. The summed E-state index contributed by atoms with van der Waals surface area (Å²) < 4.78 is 11.7. The topological polar surface area (TPSA) is 133 Å². The number of nitrogens with zero attached hydrogens (tertiary/aromatic N) is 5. The molecular weight excluding hydrogens is 528 g/mol. The summed E-state index contributed by atoms with van der Waals surface area (Å²) in [6, 6.07) is 11.8. The van der Waals surface area contributed by atoms with Crippen LogP contribution in [0.3, 0.4) is 0 Å². The number of aromatic amines is 1. The van der Waals surface area contributed by atoms with Crippen molar-refractivity contribution in [3.8, 4) is 11.5 Å². The smallest absolute Gasteiger partial charge is 0.207 e. The lowest BCUT2D eigenvalue weighted by molar-refractivity contribution is 0.188. The van der Waals surface area contributed by atoms with Gasteiger partial charge in [0.05, 0.1) is 43.4 Å². The van der Waals surface area contributed by atoms with E-state index in [1.54, 1.807) is 25.2 Å². The molecule has 1 aliphatic heterocycles. The second kappa shape index (κ2) is 13.6. The van der Waals surface area contributed by atoms with Crippen LogP contribution in [-0.2, 0) is 0 Å². The highest BCUT2D eigenvalue weighted by Gasteiger charge is 2.21. The summed E-state index contributed by atoms with van der Waals surface area (Å²) >= 11 is 1.73. The van der Waals surface area contributed by atoms with Crippen LogP contribution in [0.15, 0.2) is 47.7 Å². The first-order chi connectivity index (χ1) is 19.7. The van der Waals surface area contributed by atoms with Crippen molar-refractivity contribution in [2.45, 2.75) is 25.0 Å². The highest BCUT2D eigenvalue weighted by atomic mass is 32.2. The fourth-order valence-electron chi connectivity index (χ4n) is 4.62. The number of hydrogen-bond donors (Lipinski definition) is 4. The van der Waals surface area contributed by atoms with Crippen molar-refractivity contribution in [1.82, 2.24) is 24.8 Å². The monoisotopic (exact) mass is 564 g/mol. The van der Waals surface area contributed by atoms with Gasteiger partial charge >= 0.3 is 0 Å². The van der Waals surface area contributed by atoms with E-state index in [1.165, 1.54) is 0 Å². The van der Waals surface area contributed by atoms with Crippen molar-refractivity contribution < 1.29 is 14.6 Å². The van der Waals surface area contributed by atoms with Crippen LogP contribution < -0.4 is 20.1 Å². The molecule has 4 aromatic rings. The van der Waals surface area contributed by atoms with Crippen LogP contribution in [0.5, 0.6) is 11.5 Å². The van der Waals surface area contributed by atoms with Crippen LogP contribution in [0.4, 0.5) is 11.8 Å². The molecule has 5 rings (SSSR count). The number of aromatic nitrogens is 4. The summed E-state index contributed by atoms with van der Waals surface area (Å²) in [6.45, 7) is 6.75. The van der Waals surface area contributed by atoms with Gasteiger partial charge in [-0.15, -0.1) is 0 Å². The van der Waals surface area contributed by atoms with E-state index in [0.717, 1.165) is 71.9 Å². The Morgan fingerprint density at radius 3 is 2.88 bits per heavy atom. The number of aliphatic imine (C=N–C) groups is 1. The first kappa shape index (κ1) is 27.9. The third kappa shape index (κ3) is 6.93. The number of fused-ring (bicyclic) bond motifs is 2. The summed E-state index contributed by atoms with van der Waals surface area (Å²) in [5.41, 5.74) is 2.72. The first-order valence-corrected chi connectivity index (χ1v) is 14.5. The van der Waals surface area contributed by atoms with E-state index in [9.17, 15) is 0 Å². The minimum absolute atomic E-state index is 0.165. The lowest BCUT2D eigenvalue weighted by Gasteiger charge is -2.19. The van der Waals surface area contributed by atoms with E-state index in [0.29, 0.717) is 35.8 Å². The highest BCUT2D eigenvalue weighted by molar-refractivity contribution is 8.15. The zero-order chi connectivity index (χ0) is 27.7. The zero-order valence-electron chi connectivity index (χ0n) is 22.9. The van der Waals surface area contributed by atoms with Gasteiger partial charge in [-0.2, -0.15) is 0 Å². The number of nitrogens with one attached hydrogen (secondary N) is 3. The molecule has 1 unspecified atom stereocenters. The van der Waals surface area contributed by atoms with Crippen molar-refractivity contribution in [3.63, 3.8) is 0 Å². The summed E-state index contributed by atoms with van der Waals surface area (Å²) in [6.07, 6.45) is 3.34. The van der Waals surface area contributed by atoms with Crippen molar-refractivity contribution in [2.75, 3.05) is 63.7 Å². The Balaban J connectivity index is 1.13. The molecule has 212 valence electrons. The van der Waals surface area contributed by atoms with Gasteiger partial charge in [-0.25, -0.2) is 15.0 Å². The molecule has 0 radical (unpaired) electrons. The Hall–Kier alpha value is -3.61. The number of H-pyrrole nitrogens is 1. The fraction of sp³-hybridized carbons (Fsp3) is 0.429. The van der Waals surface area contributed by atoms with Gasteiger partial charge < -0.3 is 35.1 Å². The summed E-state index contributed by atoms with van der Waals surface area (Å²) in [7, 11) is 1.64. The molecule has 0 amide bonds. The molecule has 40 heavy (non-hydrogen) atoms. The van der Waals surface area contributed by atoms with Gasteiger partial charge in [-0.3, -0.25) is 4.99 Å². The number of benzene rings is 2. The third-order valence-corrected chi connectivity index (χ3v) is 7.92. The Morgan fingerprint density at radius 1 is 1.15 bits per heavy atom. The predicted octanol–water partition coefficient (Wildman–Crippen LogP) is 3.98. The number of aliphatic hydroxyl groups is 1. The van der Waals surface area contributed by atoms with Crippen molar-refractivity contribution in [3.05, 3.63) is 42.7 Å². The number of imidazole rings is 1. The largest absolute Gasteiger partial charge is 0.493 e. The van der Waals surface area contributed by atoms with Gasteiger partial charge in [-0.05, 0) is 37.6 Å². The Kier molecular flexibility index (Phi) is 9.53. The maximum atomic E-state index is 9.17. The number of ether oxygens (including phenoxy) is 2. The third-order valence-electron chi connectivity index (χ3n) is 6.75. The van der Waals surface area contributed by atoms with E-state index in [2.05, 4.69) is 47.4 Å². The number of likely N-dealkylation sites (N-methyl/N-ethyl adjacent to an activating group) is 1. The van der Waals surface area contributed by atoms with Gasteiger partial charge in [-0.1, -0.05) is 30.8 Å². The highest BCUT2D eigenvalue weighted by Crippen LogP contribution is 2.34. The van der Waals surface area contributed by atoms with E-state index in [1.807, 2.05) is 36.4 Å². The molecular formula is C28H36N8O3S. The molecule has 0 fully saturated rings. The van der Waals surface area contributed by atoms with Crippen molar-refractivity contribution in [1.29, 1.82) is 0 Å². The number of methoxy groups -OCH3 is 1. The number of para-hydroxylation sites is 2. The van der Waals surface area contributed by atoms with Gasteiger partial charge in [0.2, 0.25) is 5.95 Å². The maximum absolute atomic E-state index is 9.17. The molecule has 2 aromatic heterocycles. The quantitative estimate of drug-likeness (QED) is 0.167. The summed E-state index contributed by atoms with van der Waals surface area (Å²) in [4.78, 5) is 23.7. The molecule has 0 aliphatic carbocycles. The van der Waals surface area contributed by atoms with Crippen molar-refractivity contribution >= 4 is 50.6 Å². The van der Waals surface area contributed by atoms with E-state index >= 15 is 0 Å². The zero-order valence-corrected chi connectivity index (χ0v) is 23.7. The van der Waals surface area contributed by atoms with Gasteiger partial charge in [0.1, 0.15) is 12.1 Å². The van der Waals surface area contributed by atoms with Crippen LogP contribution in [0.1, 0.15) is 19.8 Å². The number of anilines is 2. The Bertz CT molecular complexity index is 1410. The van der Waals surface area contributed by atoms with Crippen LogP contribution in [0.25, 0.3) is 21.9 Å². The van der Waals surface area contributed by atoms with Crippen molar-refractivity contribution in [2.24, 2.45) is 4.99 Å². The molecule has 4 N–H and O–H groups in total. The van der Waals surface area contributed by atoms with E-state index < -0.39 is 0 Å². The number of amidine groups is 1. The SMILES string of the molecule is CCN(CCO)CCCOc1cc2ncnc(NCCC3CN=C(Nc4nc5ccccc5[nH]4)S3)c2cc1OC. The molecule has 11 nitrogen and oxygen atoms in total. The molecule has 12 heteroatoms. The van der Waals surface area contributed by atoms with E-state index in [4.69, 9.17) is 14.6 Å². The first-order valence-electron chi connectivity index (χ1n) is 13.6. The number of thioether (sulfide) groups is 1. The second-order valence-corrected chi connectivity index (χ2v) is 10.7. The Labute approximate surface area is 237 Å². The molecule has 3 heterocycles. The fourth-order valence-corrected chi connectivity index (χ4v) is 5.62. The molecule has 1 aliphatic rings. The van der Waals surface area contributed by atoms with Crippen LogP contribution >= 0.6 is 11.8 Å². The molecule has 0 spiro atoms. The van der Waals surface area contributed by atoms with Crippen LogP contribution in [0, 0.1) is 0 Å². The molecule has 2 aromatic carbocycles. The van der Waals surface area contributed by atoms with Gasteiger partial charge in [0.15, 0.2) is 16.7 Å². The summed E-state index contributed by atoms with van der Waals surface area (Å²) in [5.74, 6) is 2.78. The molecule has 0 saturated heterocycles. The van der Waals surface area contributed by atoms with Crippen LogP contribution in [0.2, 0.25) is 0 Å². The minimum atomic E-state index is 0.165. The molecule has 1 atom stereocenters. The number of hydrogen-bond acceptors (Lipinski definition) is 11. The standard InChI is InChI=1S/C28H36N8O3S/c1-3-36(12-13-37)11-6-14-39-25-16-23-20(15-24(25)38-2)26(32-18-31-23)29-10-9-19-17-30-28(40-19)35-27-33-21-7-4-5-8-22(21)34-27/h4-5,7-8,15-16,18-19,37H,3,6,9-14,17H2,1-2H3,(H,29,31,32)(H2,30,33,34,35). The Morgan fingerprint density at radius 2 is 2.05 bits per heavy atom. The summed E-state index contributed by atoms with van der Waals surface area (Å²) in [5, 5.41) is 18.1. The van der Waals surface area contributed by atoms with Gasteiger partial charge in [0, 0.05) is 36.3 Å². The second-order valence-electron chi connectivity index (χ2n) is 9.43. The maximum Gasteiger partial charge on any atom is 0.207 e. The molecule has 0 saturated carbocycles. The number of aliphatic hydroxyl groups excluding tert-OH is 1. The predicted molar refractivity (Wildman–Crippen MR) is 162 cm³/mol. The average molecular weight is 565 g/mol. The average Bonchev–Trinajstić information content (AvgIpc) is 3.60. The van der Waals surface area contributed by atoms with Gasteiger partial charge in [0.25, 0.3) is 0 Å². The van der Waals surface area contributed by atoms with Crippen LogP contribution in [-0.4, -0.2) is 93.4 Å².